The molecule has 1 aromatic rings. The van der Waals surface area contributed by atoms with Gasteiger partial charge in [0.05, 0.1) is 19.0 Å². The Labute approximate surface area is 139 Å². The van der Waals surface area contributed by atoms with Gasteiger partial charge in [-0.05, 0) is 22.2 Å². The predicted octanol–water partition coefficient (Wildman–Crippen LogP) is 1.30. The van der Waals surface area contributed by atoms with E-state index in [-0.39, 0.29) is 11.8 Å². The molecule has 6 heteroatoms. The fourth-order valence-electron chi connectivity index (χ4n) is 2.60. The van der Waals surface area contributed by atoms with Crippen LogP contribution >= 0.6 is 0 Å². The molecular weight excluding hydrogens is 312 g/mol. The summed E-state index contributed by atoms with van der Waals surface area (Å²) in [5, 5.41) is 0. The highest BCUT2D eigenvalue weighted by atomic mass is 28.2. The van der Waals surface area contributed by atoms with Crippen LogP contribution in [-0.4, -0.2) is 59.3 Å². The SMILES string of the molecule is COC(OC)[SiH2]C(C)c1cccc(C(C)[SiH2]C(OC)OC)c1. The van der Waals surface area contributed by atoms with Crippen LogP contribution in [0.3, 0.4) is 0 Å². The largest absolute Gasteiger partial charge is 0.360 e. The van der Waals surface area contributed by atoms with Crippen LogP contribution in [0.2, 0.25) is 0 Å². The van der Waals surface area contributed by atoms with E-state index in [1.54, 1.807) is 28.4 Å². The van der Waals surface area contributed by atoms with E-state index in [1.165, 1.54) is 11.1 Å². The number of hydrogen-bond acceptors (Lipinski definition) is 4. The molecule has 0 aromatic heterocycles. The number of hydrogen-bond donors (Lipinski definition) is 0. The maximum absolute atomic E-state index is 5.36. The fraction of sp³-hybridized carbons (Fsp3) is 0.625. The fourth-order valence-corrected chi connectivity index (χ4v) is 5.58. The van der Waals surface area contributed by atoms with Gasteiger partial charge in [0, 0.05) is 28.4 Å². The average Bonchev–Trinajstić information content (AvgIpc) is 2.57. The monoisotopic (exact) mass is 342 g/mol. The Morgan fingerprint density at radius 3 is 1.41 bits per heavy atom. The second kappa shape index (κ2) is 10.3. The quantitative estimate of drug-likeness (QED) is 0.474. The van der Waals surface area contributed by atoms with Gasteiger partial charge in [-0.15, -0.1) is 0 Å². The minimum Gasteiger partial charge on any atom is -0.360 e. The molecule has 0 bridgehead atoms. The highest BCUT2D eigenvalue weighted by molar-refractivity contribution is 6.39. The van der Waals surface area contributed by atoms with Crippen molar-refractivity contribution in [3.05, 3.63) is 35.4 Å². The molecule has 0 radical (unpaired) electrons. The van der Waals surface area contributed by atoms with E-state index in [2.05, 4.69) is 38.1 Å². The molecular formula is C16H30O4Si2. The molecule has 0 heterocycles. The van der Waals surface area contributed by atoms with Crippen molar-refractivity contribution in [3.8, 4) is 0 Å². The van der Waals surface area contributed by atoms with Crippen molar-refractivity contribution in [1.29, 1.82) is 0 Å². The zero-order chi connectivity index (χ0) is 16.5. The lowest BCUT2D eigenvalue weighted by Gasteiger charge is -2.21. The van der Waals surface area contributed by atoms with Crippen LogP contribution in [0.4, 0.5) is 0 Å². The first kappa shape index (κ1) is 19.5. The van der Waals surface area contributed by atoms with Crippen molar-refractivity contribution < 1.29 is 18.9 Å². The van der Waals surface area contributed by atoms with E-state index in [0.29, 0.717) is 11.1 Å². The summed E-state index contributed by atoms with van der Waals surface area (Å²) in [6.07, 6.45) is 0. The van der Waals surface area contributed by atoms with Gasteiger partial charge in [0.15, 0.2) is 0 Å². The van der Waals surface area contributed by atoms with Gasteiger partial charge in [-0.1, -0.05) is 38.1 Å². The van der Waals surface area contributed by atoms with Gasteiger partial charge in [0.2, 0.25) is 0 Å². The molecule has 0 fully saturated rings. The van der Waals surface area contributed by atoms with Crippen LogP contribution in [0.1, 0.15) is 36.1 Å². The summed E-state index contributed by atoms with van der Waals surface area (Å²) >= 11 is 0. The molecule has 2 unspecified atom stereocenters. The van der Waals surface area contributed by atoms with Gasteiger partial charge in [0.25, 0.3) is 0 Å². The summed E-state index contributed by atoms with van der Waals surface area (Å²) in [4.78, 5) is 0. The van der Waals surface area contributed by atoms with Crippen molar-refractivity contribution >= 4 is 19.0 Å². The molecule has 0 aliphatic heterocycles. The number of rotatable bonds is 10. The molecule has 2 atom stereocenters. The van der Waals surface area contributed by atoms with Crippen molar-refractivity contribution in [2.45, 2.75) is 36.8 Å². The first-order valence-corrected chi connectivity index (χ1v) is 11.0. The van der Waals surface area contributed by atoms with Crippen LogP contribution in [0.5, 0.6) is 0 Å². The number of methoxy groups -OCH3 is 4. The van der Waals surface area contributed by atoms with E-state index in [1.807, 2.05) is 0 Å². The lowest BCUT2D eigenvalue weighted by atomic mass is 10.1. The summed E-state index contributed by atoms with van der Waals surface area (Å²) in [5.74, 6) is -0.0337. The maximum atomic E-state index is 5.36. The van der Waals surface area contributed by atoms with Crippen molar-refractivity contribution in [3.63, 3.8) is 0 Å². The first-order valence-electron chi connectivity index (χ1n) is 7.76. The molecule has 0 aliphatic rings. The molecule has 126 valence electrons. The van der Waals surface area contributed by atoms with E-state index in [4.69, 9.17) is 18.9 Å². The molecule has 0 N–H and O–H groups in total. The molecule has 4 nitrogen and oxygen atoms in total. The summed E-state index contributed by atoms with van der Waals surface area (Å²) in [5.41, 5.74) is 3.82. The lowest BCUT2D eigenvalue weighted by Crippen LogP contribution is -2.27. The zero-order valence-electron chi connectivity index (χ0n) is 14.7. The van der Waals surface area contributed by atoms with Gasteiger partial charge in [-0.3, -0.25) is 0 Å². The second-order valence-electron chi connectivity index (χ2n) is 5.75. The van der Waals surface area contributed by atoms with Crippen molar-refractivity contribution in [1.82, 2.24) is 0 Å². The zero-order valence-corrected chi connectivity index (χ0v) is 17.5. The molecule has 0 spiro atoms. The highest BCUT2D eigenvalue weighted by Crippen LogP contribution is 2.22. The van der Waals surface area contributed by atoms with Crippen LogP contribution in [0.25, 0.3) is 0 Å². The van der Waals surface area contributed by atoms with Gasteiger partial charge in [-0.2, -0.15) is 0 Å². The molecule has 0 saturated heterocycles. The third-order valence-electron chi connectivity index (χ3n) is 4.19. The van der Waals surface area contributed by atoms with E-state index < -0.39 is 19.0 Å². The maximum Gasteiger partial charge on any atom is 0.134 e. The van der Waals surface area contributed by atoms with Gasteiger partial charge in [0.1, 0.15) is 11.8 Å². The van der Waals surface area contributed by atoms with Gasteiger partial charge in [-0.25, -0.2) is 0 Å². The first-order chi connectivity index (χ1) is 10.5. The van der Waals surface area contributed by atoms with Crippen LogP contribution in [0.15, 0.2) is 24.3 Å². The highest BCUT2D eigenvalue weighted by Gasteiger charge is 2.18. The molecule has 1 aromatic carbocycles. The standard InChI is InChI=1S/C16H30O4Si2/c1-11(21-15(17-3)18-4)13-8-7-9-14(10-13)12(2)22-16(19-5)20-6/h7-12,15-16H,21-22H2,1-6H3. The second-order valence-corrected chi connectivity index (χ2v) is 10.5. The average molecular weight is 343 g/mol. The minimum absolute atomic E-state index is 0.0168. The third kappa shape index (κ3) is 5.94. The van der Waals surface area contributed by atoms with E-state index >= 15 is 0 Å². The summed E-state index contributed by atoms with van der Waals surface area (Å²) < 4.78 is 21.5. The Balaban J connectivity index is 2.76. The number of ether oxygens (including phenoxy) is 4. The van der Waals surface area contributed by atoms with Crippen molar-refractivity contribution in [2.75, 3.05) is 28.4 Å². The molecule has 0 aliphatic carbocycles. The smallest absolute Gasteiger partial charge is 0.134 e. The summed E-state index contributed by atoms with van der Waals surface area (Å²) in [6.45, 7) is 4.54. The third-order valence-corrected chi connectivity index (χ3v) is 8.65. The van der Waals surface area contributed by atoms with Crippen LogP contribution in [0, 0.1) is 0 Å². The Morgan fingerprint density at radius 1 is 0.727 bits per heavy atom. The van der Waals surface area contributed by atoms with E-state index in [0.717, 1.165) is 0 Å². The van der Waals surface area contributed by atoms with E-state index in [9.17, 15) is 0 Å². The molecule has 0 saturated carbocycles. The Bertz CT molecular complexity index is 387. The van der Waals surface area contributed by atoms with Crippen LogP contribution < -0.4 is 0 Å². The predicted molar refractivity (Wildman–Crippen MR) is 96.0 cm³/mol. The number of benzene rings is 1. The molecule has 22 heavy (non-hydrogen) atoms. The topological polar surface area (TPSA) is 36.9 Å². The lowest BCUT2D eigenvalue weighted by molar-refractivity contribution is -0.0447. The molecule has 1 rings (SSSR count). The Morgan fingerprint density at radius 2 is 1.09 bits per heavy atom. The normalized spacial score (nSPS) is 15.6. The van der Waals surface area contributed by atoms with Gasteiger partial charge >= 0.3 is 0 Å². The van der Waals surface area contributed by atoms with Crippen molar-refractivity contribution in [2.24, 2.45) is 0 Å². The Kier molecular flexibility index (Phi) is 9.15. The Hall–Kier alpha value is -0.506. The summed E-state index contributed by atoms with van der Waals surface area (Å²) in [7, 11) is 5.86. The van der Waals surface area contributed by atoms with Gasteiger partial charge < -0.3 is 18.9 Å². The van der Waals surface area contributed by atoms with Crippen LogP contribution in [-0.2, 0) is 18.9 Å². The molecule has 0 amide bonds. The minimum atomic E-state index is -0.502. The summed E-state index contributed by atoms with van der Waals surface area (Å²) in [6, 6.07) is 8.91.